The number of hydrogen-bond donors (Lipinski definition) is 2. The van der Waals surface area contributed by atoms with Gasteiger partial charge in [-0.1, -0.05) is 6.07 Å². The largest absolute Gasteiger partial charge is 0.394 e. The number of rotatable bonds is 3. The van der Waals surface area contributed by atoms with Crippen molar-refractivity contribution >= 4 is 17.2 Å². The topological polar surface area (TPSA) is 64.1 Å². The summed E-state index contributed by atoms with van der Waals surface area (Å²) in [4.78, 5) is 1.09. The highest BCUT2D eigenvalue weighted by molar-refractivity contribution is 7.13. The number of nitrogens with two attached hydrogens (primary N) is 1. The van der Waals surface area contributed by atoms with E-state index < -0.39 is 0 Å². The minimum Gasteiger partial charge on any atom is -0.394 e. The zero-order valence-electron chi connectivity index (χ0n) is 7.55. The lowest BCUT2D eigenvalue weighted by molar-refractivity contribution is 0.270. The Bertz CT molecular complexity index is 408. The Balaban J connectivity index is 2.33. The van der Waals surface area contributed by atoms with Crippen LogP contribution in [0.4, 0.5) is 5.82 Å². The minimum absolute atomic E-state index is 0.0513. The molecule has 2 aromatic rings. The molecule has 0 radical (unpaired) electrons. The van der Waals surface area contributed by atoms with E-state index in [0.29, 0.717) is 12.4 Å². The van der Waals surface area contributed by atoms with E-state index in [9.17, 15) is 0 Å². The molecular weight excluding hydrogens is 198 g/mol. The fourth-order valence-corrected chi connectivity index (χ4v) is 1.93. The summed E-state index contributed by atoms with van der Waals surface area (Å²) >= 11 is 1.62. The molecular formula is C9H11N3OS. The van der Waals surface area contributed by atoms with Gasteiger partial charge in [0.25, 0.3) is 0 Å². The fraction of sp³-hybridized carbons (Fsp3) is 0.222. The van der Waals surface area contributed by atoms with Crippen molar-refractivity contribution in [2.45, 2.75) is 6.54 Å². The molecule has 3 N–H and O–H groups in total. The lowest BCUT2D eigenvalue weighted by Crippen LogP contribution is -2.07. The third-order valence-corrected chi connectivity index (χ3v) is 2.79. The van der Waals surface area contributed by atoms with Crippen molar-refractivity contribution in [3.63, 3.8) is 0 Å². The Morgan fingerprint density at radius 1 is 1.57 bits per heavy atom. The quantitative estimate of drug-likeness (QED) is 0.798. The van der Waals surface area contributed by atoms with Gasteiger partial charge in [-0.3, -0.25) is 0 Å². The molecule has 0 amide bonds. The Morgan fingerprint density at radius 2 is 2.43 bits per heavy atom. The number of aromatic nitrogens is 2. The normalized spacial score (nSPS) is 10.6. The first-order valence-electron chi connectivity index (χ1n) is 4.29. The number of thiophene rings is 1. The van der Waals surface area contributed by atoms with Crippen LogP contribution in [0.3, 0.4) is 0 Å². The highest BCUT2D eigenvalue weighted by Gasteiger charge is 2.06. The van der Waals surface area contributed by atoms with E-state index in [-0.39, 0.29) is 6.61 Å². The highest BCUT2D eigenvalue weighted by Crippen LogP contribution is 2.24. The number of hydrogen-bond acceptors (Lipinski definition) is 4. The summed E-state index contributed by atoms with van der Waals surface area (Å²) < 4.78 is 1.61. The summed E-state index contributed by atoms with van der Waals surface area (Å²) in [6, 6.07) is 5.79. The average molecular weight is 209 g/mol. The number of nitrogen functional groups attached to an aromatic ring is 1. The first-order valence-corrected chi connectivity index (χ1v) is 5.17. The zero-order valence-corrected chi connectivity index (χ0v) is 8.37. The van der Waals surface area contributed by atoms with Crippen molar-refractivity contribution in [3.05, 3.63) is 23.6 Å². The van der Waals surface area contributed by atoms with Gasteiger partial charge in [-0.2, -0.15) is 5.10 Å². The highest BCUT2D eigenvalue weighted by atomic mass is 32.1. The minimum atomic E-state index is 0.0513. The second kappa shape index (κ2) is 3.81. The summed E-state index contributed by atoms with van der Waals surface area (Å²) in [7, 11) is 0. The molecule has 2 heterocycles. The van der Waals surface area contributed by atoms with Crippen LogP contribution in [0, 0.1) is 0 Å². The Morgan fingerprint density at radius 3 is 3.07 bits per heavy atom. The van der Waals surface area contributed by atoms with Gasteiger partial charge in [0.15, 0.2) is 0 Å². The molecule has 5 heteroatoms. The van der Waals surface area contributed by atoms with Gasteiger partial charge in [0.1, 0.15) is 11.5 Å². The van der Waals surface area contributed by atoms with Gasteiger partial charge in [-0.25, -0.2) is 4.68 Å². The summed E-state index contributed by atoms with van der Waals surface area (Å²) in [5.41, 5.74) is 6.59. The van der Waals surface area contributed by atoms with Crippen molar-refractivity contribution in [2.24, 2.45) is 0 Å². The van der Waals surface area contributed by atoms with Gasteiger partial charge < -0.3 is 10.8 Å². The molecule has 2 rings (SSSR count). The van der Waals surface area contributed by atoms with Crippen molar-refractivity contribution < 1.29 is 5.11 Å². The van der Waals surface area contributed by atoms with Crippen LogP contribution in [-0.4, -0.2) is 21.5 Å². The van der Waals surface area contributed by atoms with Gasteiger partial charge in [-0.15, -0.1) is 11.3 Å². The van der Waals surface area contributed by atoms with E-state index in [1.807, 2.05) is 23.6 Å². The second-order valence-electron chi connectivity index (χ2n) is 2.88. The predicted octanol–water partition coefficient (Wildman–Crippen LogP) is 1.19. The number of nitrogens with zero attached hydrogens (tertiary/aromatic N) is 2. The third kappa shape index (κ3) is 1.64. The molecule has 4 nitrogen and oxygen atoms in total. The van der Waals surface area contributed by atoms with E-state index in [1.54, 1.807) is 16.0 Å². The van der Waals surface area contributed by atoms with Crippen LogP contribution < -0.4 is 5.73 Å². The summed E-state index contributed by atoms with van der Waals surface area (Å²) in [5, 5.41) is 15.1. The summed E-state index contributed by atoms with van der Waals surface area (Å²) in [6.45, 7) is 0.493. The van der Waals surface area contributed by atoms with Crippen LogP contribution in [0.15, 0.2) is 23.6 Å². The van der Waals surface area contributed by atoms with Crippen LogP contribution in [0.1, 0.15) is 0 Å². The Labute approximate surface area is 85.6 Å². The second-order valence-corrected chi connectivity index (χ2v) is 3.83. The lowest BCUT2D eigenvalue weighted by atomic mass is 10.3. The molecule has 0 aromatic carbocycles. The maximum Gasteiger partial charge on any atom is 0.122 e. The molecule has 0 fully saturated rings. The van der Waals surface area contributed by atoms with Gasteiger partial charge in [-0.05, 0) is 11.4 Å². The molecule has 0 saturated carbocycles. The predicted molar refractivity (Wildman–Crippen MR) is 57.0 cm³/mol. The smallest absolute Gasteiger partial charge is 0.122 e. The maximum absolute atomic E-state index is 8.77. The van der Waals surface area contributed by atoms with Crippen molar-refractivity contribution in [3.8, 4) is 10.6 Å². The molecule has 14 heavy (non-hydrogen) atoms. The van der Waals surface area contributed by atoms with Crippen molar-refractivity contribution in [1.82, 2.24) is 9.78 Å². The summed E-state index contributed by atoms with van der Waals surface area (Å²) in [6.07, 6.45) is 0. The number of aliphatic hydroxyl groups excluding tert-OH is 1. The van der Waals surface area contributed by atoms with Crippen LogP contribution in [0.2, 0.25) is 0 Å². The monoisotopic (exact) mass is 209 g/mol. The number of aliphatic hydroxyl groups is 1. The first kappa shape index (κ1) is 9.23. The molecule has 2 aromatic heterocycles. The standard InChI is InChI=1S/C9H11N3OS/c10-9-6-7(8-2-1-5-14-8)11-12(9)3-4-13/h1-2,5-6,13H,3-4,10H2. The first-order chi connectivity index (χ1) is 6.81. The molecule has 0 unspecified atom stereocenters. The van der Waals surface area contributed by atoms with Crippen LogP contribution in [-0.2, 0) is 6.54 Å². The number of anilines is 1. The van der Waals surface area contributed by atoms with Gasteiger partial charge >= 0.3 is 0 Å². The van der Waals surface area contributed by atoms with Crippen LogP contribution in [0.25, 0.3) is 10.6 Å². The molecule has 0 saturated heterocycles. The molecule has 0 spiro atoms. The van der Waals surface area contributed by atoms with Gasteiger partial charge in [0.05, 0.1) is 18.0 Å². The molecule has 0 aliphatic rings. The lowest BCUT2D eigenvalue weighted by Gasteiger charge is -1.98. The van der Waals surface area contributed by atoms with Crippen molar-refractivity contribution in [2.75, 3.05) is 12.3 Å². The SMILES string of the molecule is Nc1cc(-c2cccs2)nn1CCO. The van der Waals surface area contributed by atoms with Gasteiger partial charge in [0, 0.05) is 6.07 Å². The van der Waals surface area contributed by atoms with Crippen molar-refractivity contribution in [1.29, 1.82) is 0 Å². The summed E-state index contributed by atoms with van der Waals surface area (Å²) in [5.74, 6) is 0.586. The Kier molecular flexibility index (Phi) is 2.51. The van der Waals surface area contributed by atoms with Crippen LogP contribution in [0.5, 0.6) is 0 Å². The molecule has 0 aliphatic heterocycles. The Hall–Kier alpha value is -1.33. The van der Waals surface area contributed by atoms with Crippen LogP contribution >= 0.6 is 11.3 Å². The fourth-order valence-electron chi connectivity index (χ4n) is 1.25. The molecule has 0 aliphatic carbocycles. The molecule has 74 valence electrons. The van der Waals surface area contributed by atoms with Gasteiger partial charge in [0.2, 0.25) is 0 Å². The zero-order chi connectivity index (χ0) is 9.97. The molecule has 0 bridgehead atoms. The molecule has 0 atom stereocenters. The van der Waals surface area contributed by atoms with E-state index in [1.165, 1.54) is 0 Å². The van der Waals surface area contributed by atoms with E-state index in [4.69, 9.17) is 10.8 Å². The third-order valence-electron chi connectivity index (χ3n) is 1.90. The van der Waals surface area contributed by atoms with E-state index in [0.717, 1.165) is 10.6 Å². The van der Waals surface area contributed by atoms with E-state index >= 15 is 0 Å². The average Bonchev–Trinajstić information content (AvgIpc) is 2.76. The van der Waals surface area contributed by atoms with E-state index in [2.05, 4.69) is 5.10 Å². The maximum atomic E-state index is 8.77.